The van der Waals surface area contributed by atoms with Gasteiger partial charge in [0, 0.05) is 19.2 Å². The van der Waals surface area contributed by atoms with E-state index >= 15 is 0 Å². The van der Waals surface area contributed by atoms with Gasteiger partial charge in [-0.15, -0.1) is 0 Å². The minimum Gasteiger partial charge on any atom is -0.595 e. The van der Waals surface area contributed by atoms with Crippen LogP contribution in [0.3, 0.4) is 0 Å². The Morgan fingerprint density at radius 3 is 2.38 bits per heavy atom. The topological polar surface area (TPSA) is 183 Å². The summed E-state index contributed by atoms with van der Waals surface area (Å²) >= 11 is 0. The summed E-state index contributed by atoms with van der Waals surface area (Å²) in [6.07, 6.45) is -0.319. The van der Waals surface area contributed by atoms with Crippen molar-refractivity contribution in [1.29, 1.82) is 0 Å². The molecular weight excluding hydrogens is 350 g/mol. The number of aliphatic hydroxyl groups is 2. The molecule has 0 aliphatic rings. The second-order valence-corrected chi connectivity index (χ2v) is 5.47. The summed E-state index contributed by atoms with van der Waals surface area (Å²) in [6, 6.07) is 4.13. The lowest BCUT2D eigenvalue weighted by Crippen LogP contribution is -2.99. The van der Waals surface area contributed by atoms with Crippen LogP contribution in [0, 0.1) is 10.4 Å². The number of aliphatic hydroxyl groups excluding tert-OH is 2. The first-order valence-corrected chi connectivity index (χ1v) is 7.44. The monoisotopic (exact) mass is 369 g/mol. The van der Waals surface area contributed by atoms with E-state index in [0.29, 0.717) is 0 Å². The van der Waals surface area contributed by atoms with Gasteiger partial charge < -0.3 is 25.9 Å². The number of nitrogens with zero attached hydrogens (tertiary/aromatic N) is 2. The molecule has 0 radical (unpaired) electrons. The molecule has 1 heterocycles. The molecule has 2 aromatic rings. The van der Waals surface area contributed by atoms with Crippen LogP contribution in [0.25, 0.3) is 0 Å². The largest absolute Gasteiger partial charge is 0.595 e. The number of quaternary nitrogens is 2. The molecular formula is C14H19N5O7. The number of benzene rings is 1. The lowest BCUT2D eigenvalue weighted by atomic mass is 10.0. The zero-order valence-corrected chi connectivity index (χ0v) is 13.7. The summed E-state index contributed by atoms with van der Waals surface area (Å²) in [6.45, 7) is -0.631. The summed E-state index contributed by atoms with van der Waals surface area (Å²) in [4.78, 5) is 12.4. The number of hydrogen-bond acceptors (Lipinski definition) is 8. The molecule has 1 aromatic carbocycles. The molecule has 12 nitrogen and oxygen atoms in total. The highest BCUT2D eigenvalue weighted by atomic mass is 16.8. The highest BCUT2D eigenvalue weighted by molar-refractivity contribution is 5.96. The quantitative estimate of drug-likeness (QED) is 0.253. The third kappa shape index (κ3) is 4.21. The van der Waals surface area contributed by atoms with Gasteiger partial charge in [-0.25, -0.2) is 10.4 Å². The fourth-order valence-corrected chi connectivity index (χ4v) is 2.38. The van der Waals surface area contributed by atoms with Gasteiger partial charge in [-0.3, -0.25) is 9.48 Å². The Morgan fingerprint density at radius 1 is 1.27 bits per heavy atom. The summed E-state index contributed by atoms with van der Waals surface area (Å²) in [5.41, 5.74) is -0.254. The van der Waals surface area contributed by atoms with E-state index in [1.54, 1.807) is 0 Å². The van der Waals surface area contributed by atoms with Crippen molar-refractivity contribution < 1.29 is 35.9 Å². The van der Waals surface area contributed by atoms with Gasteiger partial charge in [0.2, 0.25) is 5.69 Å². The van der Waals surface area contributed by atoms with Crippen molar-refractivity contribution in [3.63, 3.8) is 0 Å². The summed E-state index contributed by atoms with van der Waals surface area (Å²) < 4.78 is 1.07. The van der Waals surface area contributed by atoms with Crippen LogP contribution < -0.4 is 15.8 Å². The summed E-state index contributed by atoms with van der Waals surface area (Å²) in [5, 5.41) is 63.4. The zero-order valence-electron chi connectivity index (χ0n) is 13.7. The minimum absolute atomic E-state index is 0.0199. The van der Waals surface area contributed by atoms with E-state index in [9.17, 15) is 25.4 Å². The SMILES string of the molecule is Cn1ncc([NH+]([O-])O)c1C(=O)N[C@H](CO)[C@@H](O)c1ccc([NH+]([O-])O)cc1. The molecule has 2 unspecified atom stereocenters. The van der Waals surface area contributed by atoms with Crippen LogP contribution in [0.5, 0.6) is 0 Å². The van der Waals surface area contributed by atoms with Gasteiger partial charge in [0.1, 0.15) is 12.3 Å². The average Bonchev–Trinajstić information content (AvgIpc) is 3.01. The van der Waals surface area contributed by atoms with Crippen LogP contribution in [0.2, 0.25) is 0 Å². The Kier molecular flexibility index (Phi) is 6.36. The molecule has 2 rings (SSSR count). The smallest absolute Gasteiger partial charge is 0.276 e. The number of aromatic nitrogens is 2. The maximum atomic E-state index is 12.4. The Bertz CT molecular complexity index is 747. The molecule has 0 aliphatic heterocycles. The zero-order chi connectivity index (χ0) is 19.4. The fraction of sp³-hybridized carbons (Fsp3) is 0.286. The van der Waals surface area contributed by atoms with E-state index in [-0.39, 0.29) is 22.6 Å². The molecule has 1 aromatic heterocycles. The predicted molar refractivity (Wildman–Crippen MR) is 84.5 cm³/mol. The van der Waals surface area contributed by atoms with Gasteiger partial charge in [0.05, 0.1) is 12.6 Å². The molecule has 0 saturated carbocycles. The Labute approximate surface area is 147 Å². The van der Waals surface area contributed by atoms with Crippen molar-refractivity contribution in [3.05, 3.63) is 52.1 Å². The van der Waals surface area contributed by atoms with E-state index in [1.807, 2.05) is 0 Å². The number of hydrogen-bond donors (Lipinski definition) is 7. The first-order valence-electron chi connectivity index (χ1n) is 7.44. The van der Waals surface area contributed by atoms with E-state index in [2.05, 4.69) is 10.4 Å². The molecule has 12 heteroatoms. The van der Waals surface area contributed by atoms with Crippen molar-refractivity contribution in [3.8, 4) is 0 Å². The highest BCUT2D eigenvalue weighted by Gasteiger charge is 2.28. The van der Waals surface area contributed by atoms with Gasteiger partial charge in [0.25, 0.3) is 5.91 Å². The van der Waals surface area contributed by atoms with Crippen molar-refractivity contribution in [2.24, 2.45) is 7.05 Å². The average molecular weight is 369 g/mol. The summed E-state index contributed by atoms with van der Waals surface area (Å²) in [7, 11) is 1.39. The third-order valence-electron chi connectivity index (χ3n) is 3.78. The Balaban J connectivity index is 2.18. The Hall–Kier alpha value is -2.42. The van der Waals surface area contributed by atoms with Gasteiger partial charge in [-0.2, -0.15) is 15.6 Å². The lowest BCUT2D eigenvalue weighted by molar-refractivity contribution is -0.991. The molecule has 0 bridgehead atoms. The molecule has 0 spiro atoms. The van der Waals surface area contributed by atoms with Crippen LogP contribution in [0.4, 0.5) is 11.4 Å². The van der Waals surface area contributed by atoms with Crippen LogP contribution in [-0.2, 0) is 7.05 Å². The minimum atomic E-state index is -1.34. The van der Waals surface area contributed by atoms with Crippen LogP contribution >= 0.6 is 0 Å². The first kappa shape index (κ1) is 19.9. The molecule has 1 amide bonds. The molecule has 7 N–H and O–H groups in total. The van der Waals surface area contributed by atoms with Crippen LogP contribution in [-0.4, -0.2) is 49.0 Å². The van der Waals surface area contributed by atoms with Crippen LogP contribution in [0.1, 0.15) is 22.2 Å². The van der Waals surface area contributed by atoms with E-state index in [4.69, 9.17) is 10.4 Å². The maximum absolute atomic E-state index is 12.4. The van der Waals surface area contributed by atoms with Gasteiger partial charge >= 0.3 is 0 Å². The van der Waals surface area contributed by atoms with Crippen molar-refractivity contribution in [2.45, 2.75) is 12.1 Å². The molecule has 0 fully saturated rings. The van der Waals surface area contributed by atoms with Crippen molar-refractivity contribution in [1.82, 2.24) is 15.1 Å². The first-order chi connectivity index (χ1) is 12.3. The predicted octanol–water partition coefficient (Wildman–Crippen LogP) is -2.95. The van der Waals surface area contributed by atoms with Gasteiger partial charge in [-0.05, 0) is 5.56 Å². The summed E-state index contributed by atoms with van der Waals surface area (Å²) in [5.74, 6) is -0.831. The van der Waals surface area contributed by atoms with Gasteiger partial charge in [0.15, 0.2) is 11.4 Å². The standard InChI is InChI=1S/C14H19N5O7/c1-17-12(11(6-15-17)19(25)26)14(22)16-10(7-20)13(21)8-2-4-9(5-3-8)18(23)24/h2-6,10,13,18-21,23,25H,7H2,1H3,(H,16,22)/t10-,13+/m1/s1. The van der Waals surface area contributed by atoms with Crippen LogP contribution in [0.15, 0.2) is 30.5 Å². The molecule has 0 saturated heterocycles. The number of carbonyl (C=O) groups excluding carboxylic acids is 1. The second-order valence-electron chi connectivity index (χ2n) is 5.47. The van der Waals surface area contributed by atoms with Crippen molar-refractivity contribution in [2.75, 3.05) is 6.61 Å². The third-order valence-corrected chi connectivity index (χ3v) is 3.78. The van der Waals surface area contributed by atoms with Gasteiger partial charge in [-0.1, -0.05) is 12.1 Å². The number of aryl methyl sites for hydroxylation is 1. The molecule has 0 aliphatic carbocycles. The molecule has 4 atom stereocenters. The molecule has 26 heavy (non-hydrogen) atoms. The van der Waals surface area contributed by atoms with E-state index < -0.39 is 35.1 Å². The molecule has 142 valence electrons. The maximum Gasteiger partial charge on any atom is 0.276 e. The normalized spacial score (nSPS) is 16.0. The lowest BCUT2D eigenvalue weighted by Gasteiger charge is -2.23. The number of carbonyl (C=O) groups is 1. The number of amides is 1. The second kappa shape index (κ2) is 8.31. The number of rotatable bonds is 7. The highest BCUT2D eigenvalue weighted by Crippen LogP contribution is 2.19. The number of nitrogens with one attached hydrogen (secondary N) is 3. The fourth-order valence-electron chi connectivity index (χ4n) is 2.38. The van der Waals surface area contributed by atoms with E-state index in [1.165, 1.54) is 31.3 Å². The Morgan fingerprint density at radius 2 is 1.88 bits per heavy atom. The van der Waals surface area contributed by atoms with E-state index in [0.717, 1.165) is 10.9 Å². The van der Waals surface area contributed by atoms with Crippen molar-refractivity contribution >= 4 is 17.3 Å².